The van der Waals surface area contributed by atoms with E-state index >= 15 is 0 Å². The predicted molar refractivity (Wildman–Crippen MR) is 151 cm³/mol. The number of primary amides is 1. The first-order chi connectivity index (χ1) is 19.4. The van der Waals surface area contributed by atoms with Gasteiger partial charge in [-0.2, -0.15) is 0 Å². The highest BCUT2D eigenvalue weighted by molar-refractivity contribution is 5.98. The van der Waals surface area contributed by atoms with Gasteiger partial charge in [0.25, 0.3) is 0 Å². The van der Waals surface area contributed by atoms with Gasteiger partial charge in [0, 0.05) is 11.6 Å². The van der Waals surface area contributed by atoms with Gasteiger partial charge in [-0.15, -0.1) is 0 Å². The fourth-order valence-electron chi connectivity index (χ4n) is 5.73. The quantitative estimate of drug-likeness (QED) is 0.267. The number of carboxylic acids is 1. The molecule has 3 amide bonds. The second kappa shape index (κ2) is 11.9. The lowest BCUT2D eigenvalue weighted by atomic mass is 9.69. The molecule has 0 radical (unpaired) electrons. The predicted octanol–water partition coefficient (Wildman–Crippen LogP) is 5.31. The third-order valence-corrected chi connectivity index (χ3v) is 7.55. The van der Waals surface area contributed by atoms with Gasteiger partial charge in [0.2, 0.25) is 5.91 Å². The molecule has 3 aromatic carbocycles. The second-order valence-corrected chi connectivity index (χ2v) is 10.1. The average molecular weight is 538 g/mol. The van der Waals surface area contributed by atoms with Crippen molar-refractivity contribution in [2.24, 2.45) is 11.7 Å². The van der Waals surface area contributed by atoms with Crippen LogP contribution in [0.4, 0.5) is 10.5 Å². The first-order valence-corrected chi connectivity index (χ1v) is 13.3. The molecule has 204 valence electrons. The number of anilines is 1. The largest absolute Gasteiger partial charge is 0.478 e. The van der Waals surface area contributed by atoms with Crippen molar-refractivity contribution in [3.63, 3.8) is 0 Å². The maximum absolute atomic E-state index is 13.6. The van der Waals surface area contributed by atoms with Crippen molar-refractivity contribution in [2.75, 3.05) is 11.4 Å². The van der Waals surface area contributed by atoms with E-state index in [9.17, 15) is 19.5 Å². The number of benzene rings is 3. The van der Waals surface area contributed by atoms with E-state index < -0.39 is 23.9 Å². The Bertz CT molecular complexity index is 1490. The summed E-state index contributed by atoms with van der Waals surface area (Å²) in [4.78, 5) is 38.4. The zero-order valence-corrected chi connectivity index (χ0v) is 21.9. The summed E-state index contributed by atoms with van der Waals surface area (Å²) in [5, 5.41) is 12.5. The molecule has 0 aliphatic heterocycles. The van der Waals surface area contributed by atoms with Crippen LogP contribution < -0.4 is 16.0 Å². The molecule has 1 aromatic heterocycles. The Morgan fingerprint density at radius 2 is 1.75 bits per heavy atom. The van der Waals surface area contributed by atoms with E-state index in [4.69, 9.17) is 10.2 Å². The summed E-state index contributed by atoms with van der Waals surface area (Å²) in [5.41, 5.74) is 9.46. The molecule has 4 N–H and O–H groups in total. The molecule has 8 nitrogen and oxygen atoms in total. The highest BCUT2D eigenvalue weighted by atomic mass is 16.4. The third-order valence-electron chi connectivity index (χ3n) is 7.55. The zero-order chi connectivity index (χ0) is 28.1. The van der Waals surface area contributed by atoms with E-state index in [1.807, 2.05) is 36.4 Å². The lowest BCUT2D eigenvalue weighted by molar-refractivity contribution is -0.120. The van der Waals surface area contributed by atoms with Crippen LogP contribution in [0.1, 0.15) is 51.2 Å². The molecule has 1 aliphatic rings. The van der Waals surface area contributed by atoms with Crippen LogP contribution in [0.25, 0.3) is 0 Å². The molecule has 3 atom stereocenters. The van der Waals surface area contributed by atoms with Crippen molar-refractivity contribution in [1.82, 2.24) is 5.32 Å². The number of nitrogens with two attached hydrogens (primary N) is 1. The fourth-order valence-corrected chi connectivity index (χ4v) is 5.73. The lowest BCUT2D eigenvalue weighted by Gasteiger charge is -2.39. The summed E-state index contributed by atoms with van der Waals surface area (Å²) in [6.07, 6.45) is 4.31. The average Bonchev–Trinajstić information content (AvgIpc) is 3.50. The molecule has 0 bridgehead atoms. The van der Waals surface area contributed by atoms with E-state index in [2.05, 4.69) is 29.6 Å². The number of fused-ring (bicyclic) bond motifs is 1. The number of carbonyl (C=O) groups excluding carboxylic acids is 2. The molecule has 0 saturated carbocycles. The van der Waals surface area contributed by atoms with Gasteiger partial charge >= 0.3 is 12.0 Å². The molecular formula is C32H31N3O5. The molecule has 3 unspecified atom stereocenters. The number of carbonyl (C=O) groups is 3. The van der Waals surface area contributed by atoms with Gasteiger partial charge in [-0.1, -0.05) is 60.7 Å². The van der Waals surface area contributed by atoms with Crippen molar-refractivity contribution in [3.05, 3.63) is 125 Å². The minimum Gasteiger partial charge on any atom is -0.478 e. The number of aryl methyl sites for hydroxylation is 1. The van der Waals surface area contributed by atoms with Crippen LogP contribution in [-0.4, -0.2) is 29.6 Å². The number of hydrogen-bond donors (Lipinski definition) is 3. The maximum atomic E-state index is 13.6. The minimum absolute atomic E-state index is 0.0137. The van der Waals surface area contributed by atoms with Crippen LogP contribution >= 0.6 is 0 Å². The minimum atomic E-state index is -1.14. The Labute approximate surface area is 232 Å². The van der Waals surface area contributed by atoms with E-state index in [1.165, 1.54) is 29.3 Å². The van der Waals surface area contributed by atoms with Gasteiger partial charge in [0.05, 0.1) is 17.9 Å². The van der Waals surface area contributed by atoms with Crippen LogP contribution in [-0.2, 0) is 17.6 Å². The molecule has 1 aliphatic carbocycles. The van der Waals surface area contributed by atoms with E-state index in [0.717, 1.165) is 29.7 Å². The summed E-state index contributed by atoms with van der Waals surface area (Å²) >= 11 is 0. The number of hydrogen-bond acceptors (Lipinski definition) is 4. The smallest absolute Gasteiger partial charge is 0.335 e. The Hall–Kier alpha value is -4.85. The number of furan rings is 1. The Morgan fingerprint density at radius 3 is 2.48 bits per heavy atom. The topological polar surface area (TPSA) is 126 Å². The van der Waals surface area contributed by atoms with Gasteiger partial charge in [-0.05, 0) is 72.2 Å². The molecule has 4 aromatic rings. The van der Waals surface area contributed by atoms with Crippen LogP contribution in [0, 0.1) is 5.92 Å². The summed E-state index contributed by atoms with van der Waals surface area (Å²) in [7, 11) is 0. The SMILES string of the molecule is NC(=O)N(CC(=O)NC(c1ccco1)C1c2ccccc2CCC1Cc1ccccc1)c1cccc(C(=O)O)c1. The molecular weight excluding hydrogens is 506 g/mol. The number of urea groups is 1. The number of amides is 3. The Morgan fingerprint density at radius 1 is 0.975 bits per heavy atom. The third kappa shape index (κ3) is 5.91. The number of nitrogens with zero attached hydrogens (tertiary/aromatic N) is 1. The first-order valence-electron chi connectivity index (χ1n) is 13.3. The van der Waals surface area contributed by atoms with Gasteiger partial charge in [0.15, 0.2) is 0 Å². The molecule has 0 spiro atoms. The van der Waals surface area contributed by atoms with Crippen LogP contribution in [0.2, 0.25) is 0 Å². The Balaban J connectivity index is 1.47. The number of rotatable bonds is 9. The monoisotopic (exact) mass is 537 g/mol. The van der Waals surface area contributed by atoms with Gasteiger partial charge in [-0.3, -0.25) is 9.69 Å². The van der Waals surface area contributed by atoms with Gasteiger partial charge < -0.3 is 20.6 Å². The highest BCUT2D eigenvalue weighted by Gasteiger charge is 2.38. The lowest BCUT2D eigenvalue weighted by Crippen LogP contribution is -2.46. The summed E-state index contributed by atoms with van der Waals surface area (Å²) in [6, 6.07) is 26.7. The van der Waals surface area contributed by atoms with Crippen LogP contribution in [0.3, 0.4) is 0 Å². The number of aromatic carboxylic acids is 1. The van der Waals surface area contributed by atoms with Crippen LogP contribution in [0.15, 0.2) is 102 Å². The highest BCUT2D eigenvalue weighted by Crippen LogP contribution is 2.45. The molecule has 1 heterocycles. The Kier molecular flexibility index (Phi) is 7.96. The zero-order valence-electron chi connectivity index (χ0n) is 21.9. The van der Waals surface area contributed by atoms with Crippen molar-refractivity contribution < 1.29 is 23.9 Å². The first kappa shape index (κ1) is 26.7. The van der Waals surface area contributed by atoms with Crippen molar-refractivity contribution >= 4 is 23.6 Å². The molecule has 40 heavy (non-hydrogen) atoms. The standard InChI is InChI=1S/C32H31N3O5/c33-32(39)35(25-12-6-11-24(19-25)31(37)38)20-28(36)34-30(27-14-7-17-40-27)29-23(18-21-8-2-1-3-9-21)16-15-22-10-4-5-13-26(22)29/h1-14,17,19,23,29-30H,15-16,18,20H2,(H2,33,39)(H,34,36)(H,37,38). The van der Waals surface area contributed by atoms with Gasteiger partial charge in [0.1, 0.15) is 12.3 Å². The summed E-state index contributed by atoms with van der Waals surface area (Å²) < 4.78 is 5.86. The van der Waals surface area contributed by atoms with E-state index in [1.54, 1.807) is 18.4 Å². The molecule has 5 rings (SSSR count). The van der Waals surface area contributed by atoms with E-state index in [-0.39, 0.29) is 29.6 Å². The maximum Gasteiger partial charge on any atom is 0.335 e. The van der Waals surface area contributed by atoms with Crippen molar-refractivity contribution in [1.29, 1.82) is 0 Å². The summed E-state index contributed by atoms with van der Waals surface area (Å²) in [6.45, 7) is -0.382. The normalized spacial score (nSPS) is 16.9. The number of carboxylic acid groups (broad SMARTS) is 1. The molecule has 0 fully saturated rings. The molecule has 0 saturated heterocycles. The van der Waals surface area contributed by atoms with Crippen molar-refractivity contribution in [3.8, 4) is 0 Å². The van der Waals surface area contributed by atoms with Crippen molar-refractivity contribution in [2.45, 2.75) is 31.2 Å². The summed E-state index contributed by atoms with van der Waals surface area (Å²) in [5.74, 6) is -0.840. The second-order valence-electron chi connectivity index (χ2n) is 10.1. The molecule has 8 heteroatoms. The number of nitrogens with one attached hydrogen (secondary N) is 1. The fraction of sp³-hybridized carbons (Fsp3) is 0.219. The van der Waals surface area contributed by atoms with E-state index in [0.29, 0.717) is 5.76 Å². The van der Waals surface area contributed by atoms with Crippen LogP contribution in [0.5, 0.6) is 0 Å². The van der Waals surface area contributed by atoms with Gasteiger partial charge in [-0.25, -0.2) is 9.59 Å².